The number of epoxide rings is 2. The van der Waals surface area contributed by atoms with Crippen molar-refractivity contribution in [3.8, 4) is 0 Å². The molecule has 18 heavy (non-hydrogen) atoms. The summed E-state index contributed by atoms with van der Waals surface area (Å²) in [6.07, 6.45) is 0.766. The summed E-state index contributed by atoms with van der Waals surface area (Å²) < 4.78 is 62.5. The first kappa shape index (κ1) is 14.2. The SMILES string of the molecule is CS(=O)(=O)OC[C@H]1O[C@H]1[C@@H]1O[C@@H]1COS(C)(=O)=O. The van der Waals surface area contributed by atoms with Gasteiger partial charge in [0.15, 0.2) is 0 Å². The zero-order valence-electron chi connectivity index (χ0n) is 9.81. The second-order valence-corrected chi connectivity index (χ2v) is 7.54. The van der Waals surface area contributed by atoms with Crippen molar-refractivity contribution in [2.24, 2.45) is 0 Å². The average molecular weight is 302 g/mol. The van der Waals surface area contributed by atoms with Crippen molar-refractivity contribution < 1.29 is 34.7 Å². The number of hydrogen-bond donors (Lipinski definition) is 0. The Morgan fingerprint density at radius 2 is 1.17 bits per heavy atom. The summed E-state index contributed by atoms with van der Waals surface area (Å²) in [6.45, 7) is -0.105. The molecule has 106 valence electrons. The molecule has 0 aliphatic carbocycles. The Hall–Kier alpha value is -0.260. The molecule has 0 aromatic heterocycles. The van der Waals surface area contributed by atoms with Crippen molar-refractivity contribution in [3.05, 3.63) is 0 Å². The lowest BCUT2D eigenvalue weighted by molar-refractivity contribution is 0.255. The van der Waals surface area contributed by atoms with Crippen molar-refractivity contribution in [3.63, 3.8) is 0 Å². The molecule has 0 N–H and O–H groups in total. The zero-order chi connectivity index (χ0) is 13.6. The van der Waals surface area contributed by atoms with Crippen LogP contribution in [-0.2, 0) is 38.1 Å². The van der Waals surface area contributed by atoms with Crippen LogP contribution < -0.4 is 0 Å². The first-order valence-electron chi connectivity index (χ1n) is 5.15. The second kappa shape index (κ2) is 4.69. The molecule has 0 bridgehead atoms. The van der Waals surface area contributed by atoms with Crippen LogP contribution in [0.3, 0.4) is 0 Å². The van der Waals surface area contributed by atoms with Gasteiger partial charge in [-0.3, -0.25) is 8.37 Å². The van der Waals surface area contributed by atoms with Crippen LogP contribution in [0.1, 0.15) is 0 Å². The Balaban J connectivity index is 1.66. The third kappa shape index (κ3) is 4.44. The van der Waals surface area contributed by atoms with Gasteiger partial charge in [-0.25, -0.2) is 0 Å². The van der Waals surface area contributed by atoms with Gasteiger partial charge in [0.2, 0.25) is 0 Å². The van der Waals surface area contributed by atoms with Gasteiger partial charge in [-0.05, 0) is 0 Å². The van der Waals surface area contributed by atoms with Crippen LogP contribution in [0.15, 0.2) is 0 Å². The van der Waals surface area contributed by atoms with Gasteiger partial charge < -0.3 is 9.47 Å². The fourth-order valence-corrected chi connectivity index (χ4v) is 2.30. The van der Waals surface area contributed by atoms with Crippen LogP contribution in [0, 0.1) is 0 Å². The molecule has 2 fully saturated rings. The van der Waals surface area contributed by atoms with E-state index in [9.17, 15) is 16.8 Å². The Morgan fingerprint density at radius 1 is 0.833 bits per heavy atom. The Labute approximate surface area is 105 Å². The minimum absolute atomic E-state index is 0.0526. The monoisotopic (exact) mass is 302 g/mol. The van der Waals surface area contributed by atoms with Crippen LogP contribution in [0.2, 0.25) is 0 Å². The van der Waals surface area contributed by atoms with E-state index in [0.29, 0.717) is 0 Å². The summed E-state index contributed by atoms with van der Waals surface area (Å²) in [5, 5.41) is 0. The summed E-state index contributed by atoms with van der Waals surface area (Å²) in [5.74, 6) is 0. The highest BCUT2D eigenvalue weighted by atomic mass is 32.2. The summed E-state index contributed by atoms with van der Waals surface area (Å²) >= 11 is 0. The molecule has 2 aliphatic rings. The Morgan fingerprint density at radius 3 is 1.44 bits per heavy atom. The van der Waals surface area contributed by atoms with E-state index in [1.54, 1.807) is 0 Å². The van der Waals surface area contributed by atoms with E-state index >= 15 is 0 Å². The summed E-state index contributed by atoms with van der Waals surface area (Å²) in [6, 6.07) is 0. The van der Waals surface area contributed by atoms with Gasteiger partial charge in [0.05, 0.1) is 25.7 Å². The second-order valence-electron chi connectivity index (χ2n) is 4.26. The molecule has 0 aromatic carbocycles. The van der Waals surface area contributed by atoms with E-state index in [1.807, 2.05) is 0 Å². The molecule has 2 heterocycles. The van der Waals surface area contributed by atoms with Gasteiger partial charge in [0, 0.05) is 0 Å². The minimum Gasteiger partial charge on any atom is -0.364 e. The molecule has 0 aromatic rings. The maximum absolute atomic E-state index is 10.7. The third-order valence-electron chi connectivity index (χ3n) is 2.46. The first-order valence-corrected chi connectivity index (χ1v) is 8.79. The molecule has 2 aliphatic heterocycles. The number of rotatable bonds is 7. The molecule has 8 nitrogen and oxygen atoms in total. The van der Waals surface area contributed by atoms with Crippen molar-refractivity contribution in [1.82, 2.24) is 0 Å². The average Bonchev–Trinajstić information content (AvgIpc) is 3.04. The van der Waals surface area contributed by atoms with E-state index in [2.05, 4.69) is 8.37 Å². The van der Waals surface area contributed by atoms with Gasteiger partial charge in [0.1, 0.15) is 24.4 Å². The molecule has 2 saturated heterocycles. The fraction of sp³-hybridized carbons (Fsp3) is 1.00. The standard InChI is InChI=1S/C8H14O8S2/c1-17(9,10)13-3-5-7(15-5)8-6(16-8)4-14-18(2,11)12/h5-8H,3-4H2,1-2H3/t5-,6-,7-,8-/m1/s1. The molecule has 0 amide bonds. The maximum atomic E-state index is 10.7. The zero-order valence-corrected chi connectivity index (χ0v) is 11.4. The molecule has 0 unspecified atom stereocenters. The lowest BCUT2D eigenvalue weighted by atomic mass is 10.2. The largest absolute Gasteiger partial charge is 0.364 e. The highest BCUT2D eigenvalue weighted by Crippen LogP contribution is 2.39. The minimum atomic E-state index is -3.48. The summed E-state index contributed by atoms with van der Waals surface area (Å²) in [5.41, 5.74) is 0. The number of ether oxygens (including phenoxy) is 2. The third-order valence-corrected chi connectivity index (χ3v) is 3.59. The molecule has 0 radical (unpaired) electrons. The van der Waals surface area contributed by atoms with Crippen LogP contribution >= 0.6 is 0 Å². The fourth-order valence-electron chi connectivity index (χ4n) is 1.54. The van der Waals surface area contributed by atoms with Crippen LogP contribution in [0.25, 0.3) is 0 Å². The highest BCUT2D eigenvalue weighted by molar-refractivity contribution is 7.86. The van der Waals surface area contributed by atoms with E-state index in [1.165, 1.54) is 0 Å². The Kier molecular flexibility index (Phi) is 3.69. The lowest BCUT2D eigenvalue weighted by Crippen LogP contribution is -2.16. The molecule has 2 rings (SSSR count). The van der Waals surface area contributed by atoms with Crippen LogP contribution in [0.5, 0.6) is 0 Å². The normalized spacial score (nSPS) is 35.4. The van der Waals surface area contributed by atoms with Crippen LogP contribution in [0.4, 0.5) is 0 Å². The quantitative estimate of drug-likeness (QED) is 0.411. The van der Waals surface area contributed by atoms with Crippen molar-refractivity contribution in [1.29, 1.82) is 0 Å². The molecule has 4 atom stereocenters. The highest BCUT2D eigenvalue weighted by Gasteiger charge is 2.57. The maximum Gasteiger partial charge on any atom is 0.264 e. The first-order chi connectivity index (χ1) is 8.16. The molecule has 0 saturated carbocycles. The predicted molar refractivity (Wildman–Crippen MR) is 58.9 cm³/mol. The number of hydrogen-bond acceptors (Lipinski definition) is 8. The summed E-state index contributed by atoms with van der Waals surface area (Å²) in [7, 11) is -6.95. The van der Waals surface area contributed by atoms with E-state index in [4.69, 9.17) is 9.47 Å². The van der Waals surface area contributed by atoms with Crippen molar-refractivity contribution in [2.45, 2.75) is 24.4 Å². The van der Waals surface area contributed by atoms with Crippen molar-refractivity contribution >= 4 is 20.2 Å². The molecule has 10 heteroatoms. The van der Waals surface area contributed by atoms with Crippen molar-refractivity contribution in [2.75, 3.05) is 25.7 Å². The van der Waals surface area contributed by atoms with E-state index < -0.39 is 20.2 Å². The van der Waals surface area contributed by atoms with Gasteiger partial charge in [-0.15, -0.1) is 0 Å². The lowest BCUT2D eigenvalue weighted by Gasteiger charge is -1.96. The molecule has 0 spiro atoms. The van der Waals surface area contributed by atoms with Gasteiger partial charge >= 0.3 is 0 Å². The molecular formula is C8H14O8S2. The topological polar surface area (TPSA) is 112 Å². The van der Waals surface area contributed by atoms with E-state index in [0.717, 1.165) is 12.5 Å². The van der Waals surface area contributed by atoms with Gasteiger partial charge in [-0.2, -0.15) is 16.8 Å². The predicted octanol–water partition coefficient (Wildman–Crippen LogP) is -1.53. The van der Waals surface area contributed by atoms with E-state index in [-0.39, 0.29) is 37.6 Å². The van der Waals surface area contributed by atoms with Crippen LogP contribution in [-0.4, -0.2) is 67.0 Å². The molecular weight excluding hydrogens is 288 g/mol. The van der Waals surface area contributed by atoms with Gasteiger partial charge in [-0.1, -0.05) is 0 Å². The Bertz CT molecular complexity index is 461. The smallest absolute Gasteiger partial charge is 0.264 e. The summed E-state index contributed by atoms with van der Waals surface area (Å²) in [4.78, 5) is 0. The van der Waals surface area contributed by atoms with Gasteiger partial charge in [0.25, 0.3) is 20.2 Å².